The van der Waals surface area contributed by atoms with Gasteiger partial charge in [0.15, 0.2) is 0 Å². The molecule has 1 saturated heterocycles. The van der Waals surface area contributed by atoms with Gasteiger partial charge in [-0.2, -0.15) is 0 Å². The molecule has 0 unspecified atom stereocenters. The lowest BCUT2D eigenvalue weighted by Crippen LogP contribution is -2.58. The third-order valence-electron chi connectivity index (χ3n) is 4.28. The molecule has 0 aliphatic carbocycles. The Morgan fingerprint density at radius 1 is 1.29 bits per heavy atom. The number of amides is 2. The number of nitrogens with zero attached hydrogens (tertiary/aromatic N) is 4. The minimum atomic E-state index is -0.573. The zero-order valence-corrected chi connectivity index (χ0v) is 13.6. The van der Waals surface area contributed by atoms with Crippen molar-refractivity contribution in [1.29, 1.82) is 0 Å². The van der Waals surface area contributed by atoms with Crippen molar-refractivity contribution in [3.05, 3.63) is 53.9 Å². The molecule has 2 heterocycles. The van der Waals surface area contributed by atoms with Crippen LogP contribution in [0.5, 0.6) is 0 Å². The van der Waals surface area contributed by atoms with Crippen LogP contribution in [0.1, 0.15) is 18.3 Å². The number of piperazine rings is 1. The molecule has 0 radical (unpaired) electrons. The normalized spacial score (nSPS) is 18.4. The third kappa shape index (κ3) is 3.15. The standard InChI is InChI=1S/C17H19FN4O2/c1-12-17(24)21(9-13-4-3-5-14(18)8-13)11-16(23)22(12)10-15-19-6-7-20(15)2/h3-8,12H,9-11H2,1-2H3/t12-/m0/s1. The fraction of sp³-hybridized carbons (Fsp3) is 0.353. The van der Waals surface area contributed by atoms with E-state index >= 15 is 0 Å². The van der Waals surface area contributed by atoms with Crippen LogP contribution in [-0.2, 0) is 29.7 Å². The molecule has 1 fully saturated rings. The molecule has 7 heteroatoms. The van der Waals surface area contributed by atoms with E-state index in [9.17, 15) is 14.0 Å². The highest BCUT2D eigenvalue weighted by Gasteiger charge is 2.36. The van der Waals surface area contributed by atoms with E-state index in [4.69, 9.17) is 0 Å². The predicted octanol–water partition coefficient (Wildman–Crippen LogP) is 1.32. The van der Waals surface area contributed by atoms with E-state index in [1.54, 1.807) is 31.5 Å². The van der Waals surface area contributed by atoms with Crippen LogP contribution in [0.25, 0.3) is 0 Å². The van der Waals surface area contributed by atoms with E-state index in [0.717, 1.165) is 5.82 Å². The summed E-state index contributed by atoms with van der Waals surface area (Å²) in [4.78, 5) is 32.3. The average Bonchev–Trinajstić information content (AvgIpc) is 2.94. The maximum absolute atomic E-state index is 13.3. The first kappa shape index (κ1) is 16.2. The largest absolute Gasteiger partial charge is 0.337 e. The number of carbonyl (C=O) groups excluding carboxylic acids is 2. The van der Waals surface area contributed by atoms with Gasteiger partial charge in [-0.1, -0.05) is 12.1 Å². The van der Waals surface area contributed by atoms with Crippen molar-refractivity contribution < 1.29 is 14.0 Å². The summed E-state index contributed by atoms with van der Waals surface area (Å²) in [6, 6.07) is 5.49. The van der Waals surface area contributed by atoms with Crippen LogP contribution < -0.4 is 0 Å². The molecule has 0 spiro atoms. The Hall–Kier alpha value is -2.70. The highest BCUT2D eigenvalue weighted by atomic mass is 19.1. The Balaban J connectivity index is 1.73. The van der Waals surface area contributed by atoms with Crippen LogP contribution in [-0.4, -0.2) is 43.8 Å². The Kier molecular flexibility index (Phi) is 4.33. The van der Waals surface area contributed by atoms with Gasteiger partial charge in [0.05, 0.1) is 6.54 Å². The number of imidazole rings is 1. The van der Waals surface area contributed by atoms with Gasteiger partial charge in [0.1, 0.15) is 24.2 Å². The lowest BCUT2D eigenvalue weighted by molar-refractivity contribution is -0.156. The van der Waals surface area contributed by atoms with Crippen LogP contribution in [0.3, 0.4) is 0 Å². The average molecular weight is 330 g/mol. The van der Waals surface area contributed by atoms with Crippen LogP contribution in [0.4, 0.5) is 4.39 Å². The Morgan fingerprint density at radius 3 is 2.75 bits per heavy atom. The quantitative estimate of drug-likeness (QED) is 0.849. The number of aromatic nitrogens is 2. The van der Waals surface area contributed by atoms with Gasteiger partial charge in [-0.05, 0) is 24.6 Å². The third-order valence-corrected chi connectivity index (χ3v) is 4.28. The second-order valence-electron chi connectivity index (χ2n) is 5.98. The first-order valence-electron chi connectivity index (χ1n) is 7.74. The summed E-state index contributed by atoms with van der Waals surface area (Å²) in [7, 11) is 1.85. The Morgan fingerprint density at radius 2 is 2.08 bits per heavy atom. The molecule has 0 N–H and O–H groups in total. The van der Waals surface area contributed by atoms with Crippen molar-refractivity contribution in [2.24, 2.45) is 7.05 Å². The second kappa shape index (κ2) is 6.43. The molecule has 1 atom stereocenters. The van der Waals surface area contributed by atoms with Crippen molar-refractivity contribution in [2.75, 3.05) is 6.54 Å². The number of hydrogen-bond donors (Lipinski definition) is 0. The summed E-state index contributed by atoms with van der Waals surface area (Å²) in [5, 5.41) is 0. The van der Waals surface area contributed by atoms with Crippen LogP contribution >= 0.6 is 0 Å². The number of hydrogen-bond acceptors (Lipinski definition) is 3. The zero-order valence-electron chi connectivity index (χ0n) is 13.6. The summed E-state index contributed by atoms with van der Waals surface area (Å²) < 4.78 is 15.1. The maximum Gasteiger partial charge on any atom is 0.245 e. The maximum atomic E-state index is 13.3. The van der Waals surface area contributed by atoms with Crippen molar-refractivity contribution in [2.45, 2.75) is 26.1 Å². The summed E-state index contributed by atoms with van der Waals surface area (Å²) in [5.74, 6) is 0.0869. The first-order valence-corrected chi connectivity index (χ1v) is 7.74. The minimum absolute atomic E-state index is 0.00981. The molecule has 1 aliphatic rings. The van der Waals surface area contributed by atoms with Gasteiger partial charge >= 0.3 is 0 Å². The summed E-state index contributed by atoms with van der Waals surface area (Å²) in [5.41, 5.74) is 0.668. The van der Waals surface area contributed by atoms with Gasteiger partial charge in [0.25, 0.3) is 0 Å². The summed E-state index contributed by atoms with van der Waals surface area (Å²) >= 11 is 0. The van der Waals surface area contributed by atoms with Gasteiger partial charge in [0, 0.05) is 26.0 Å². The molecular weight excluding hydrogens is 311 g/mol. The van der Waals surface area contributed by atoms with Crippen molar-refractivity contribution in [3.63, 3.8) is 0 Å². The molecule has 2 amide bonds. The monoisotopic (exact) mass is 330 g/mol. The van der Waals surface area contributed by atoms with Gasteiger partial charge < -0.3 is 14.4 Å². The fourth-order valence-electron chi connectivity index (χ4n) is 2.86. The Labute approximate surface area is 139 Å². The molecule has 0 saturated carbocycles. The van der Waals surface area contributed by atoms with E-state index in [2.05, 4.69) is 4.98 Å². The van der Waals surface area contributed by atoms with Crippen LogP contribution in [0.15, 0.2) is 36.7 Å². The molecule has 2 aromatic rings. The highest BCUT2D eigenvalue weighted by molar-refractivity contribution is 5.94. The second-order valence-corrected chi connectivity index (χ2v) is 5.98. The lowest BCUT2D eigenvalue weighted by atomic mass is 10.1. The van der Waals surface area contributed by atoms with Gasteiger partial charge in [0.2, 0.25) is 11.8 Å². The van der Waals surface area contributed by atoms with Gasteiger partial charge in [-0.25, -0.2) is 9.37 Å². The predicted molar refractivity (Wildman–Crippen MR) is 85.0 cm³/mol. The van der Waals surface area contributed by atoms with Gasteiger partial charge in [-0.15, -0.1) is 0 Å². The summed E-state index contributed by atoms with van der Waals surface area (Å²) in [6.07, 6.45) is 3.46. The summed E-state index contributed by atoms with van der Waals surface area (Å²) in [6.45, 7) is 2.22. The molecule has 6 nitrogen and oxygen atoms in total. The molecule has 126 valence electrons. The zero-order chi connectivity index (χ0) is 17.3. The number of aryl methyl sites for hydroxylation is 1. The van der Waals surface area contributed by atoms with Crippen molar-refractivity contribution in [1.82, 2.24) is 19.4 Å². The molecular formula is C17H19FN4O2. The first-order chi connectivity index (χ1) is 11.5. The van der Waals surface area contributed by atoms with E-state index < -0.39 is 6.04 Å². The van der Waals surface area contributed by atoms with E-state index in [0.29, 0.717) is 12.1 Å². The lowest BCUT2D eigenvalue weighted by Gasteiger charge is -2.38. The van der Waals surface area contributed by atoms with E-state index in [1.165, 1.54) is 21.9 Å². The minimum Gasteiger partial charge on any atom is -0.337 e. The number of benzene rings is 1. The molecule has 1 aromatic heterocycles. The topological polar surface area (TPSA) is 58.4 Å². The number of halogens is 1. The van der Waals surface area contributed by atoms with E-state index in [1.807, 2.05) is 11.6 Å². The van der Waals surface area contributed by atoms with Crippen LogP contribution in [0.2, 0.25) is 0 Å². The molecule has 0 bridgehead atoms. The van der Waals surface area contributed by atoms with Gasteiger partial charge in [-0.3, -0.25) is 9.59 Å². The van der Waals surface area contributed by atoms with E-state index in [-0.39, 0.29) is 30.7 Å². The van der Waals surface area contributed by atoms with Crippen molar-refractivity contribution >= 4 is 11.8 Å². The number of rotatable bonds is 4. The van der Waals surface area contributed by atoms with Crippen LogP contribution in [0, 0.1) is 5.82 Å². The highest BCUT2D eigenvalue weighted by Crippen LogP contribution is 2.18. The molecule has 3 rings (SSSR count). The molecule has 1 aromatic carbocycles. The Bertz CT molecular complexity index is 773. The van der Waals surface area contributed by atoms with Crippen molar-refractivity contribution in [3.8, 4) is 0 Å². The molecule has 1 aliphatic heterocycles. The smallest absolute Gasteiger partial charge is 0.245 e. The SMILES string of the molecule is C[C@H]1C(=O)N(Cc2cccc(F)c2)CC(=O)N1Cc1nccn1C. The number of carbonyl (C=O) groups is 2. The fourth-order valence-corrected chi connectivity index (χ4v) is 2.86. The molecule has 24 heavy (non-hydrogen) atoms.